The van der Waals surface area contributed by atoms with E-state index in [1.807, 2.05) is 57.7 Å². The van der Waals surface area contributed by atoms with Crippen molar-refractivity contribution < 1.29 is 9.53 Å². The molecule has 2 N–H and O–H groups in total. The third kappa shape index (κ3) is 5.55. The number of piperidine rings is 1. The molecule has 10 nitrogen and oxygen atoms in total. The summed E-state index contributed by atoms with van der Waals surface area (Å²) >= 11 is 1.61. The van der Waals surface area contributed by atoms with Crippen molar-refractivity contribution >= 4 is 55.7 Å². The maximum atomic E-state index is 12.6. The van der Waals surface area contributed by atoms with E-state index in [2.05, 4.69) is 48.9 Å². The number of benzene rings is 2. The molecule has 0 atom stereocenters. The monoisotopic (exact) mass is 556 g/mol. The second kappa shape index (κ2) is 10.4. The fraction of sp³-hybridized carbons (Fsp3) is 0.345. The van der Waals surface area contributed by atoms with Gasteiger partial charge in [-0.05, 0) is 70.0 Å². The van der Waals surface area contributed by atoms with Crippen molar-refractivity contribution in [2.24, 2.45) is 7.05 Å². The van der Waals surface area contributed by atoms with Gasteiger partial charge in [0, 0.05) is 54.7 Å². The number of thiazole rings is 1. The van der Waals surface area contributed by atoms with Crippen LogP contribution in [-0.2, 0) is 11.8 Å². The van der Waals surface area contributed by atoms with Gasteiger partial charge in [0.05, 0.1) is 26.9 Å². The molecule has 0 unspecified atom stereocenters. The zero-order valence-corrected chi connectivity index (χ0v) is 23.8. The summed E-state index contributed by atoms with van der Waals surface area (Å²) in [4.78, 5) is 27.9. The number of carbonyl (C=O) groups is 1. The van der Waals surface area contributed by atoms with Crippen LogP contribution in [0.2, 0.25) is 0 Å². The number of nitrogens with one attached hydrogen (secondary N) is 2. The lowest BCUT2D eigenvalue weighted by Gasteiger charge is -2.34. The highest BCUT2D eigenvalue weighted by atomic mass is 32.1. The highest BCUT2D eigenvalue weighted by Gasteiger charge is 2.27. The lowest BCUT2D eigenvalue weighted by atomic mass is 10.0. The molecule has 11 heteroatoms. The quantitative estimate of drug-likeness (QED) is 0.264. The van der Waals surface area contributed by atoms with E-state index in [4.69, 9.17) is 4.74 Å². The smallest absolute Gasteiger partial charge is 0.410 e. The summed E-state index contributed by atoms with van der Waals surface area (Å²) in [5, 5.41) is 12.8. The molecular weight excluding hydrogens is 524 g/mol. The largest absolute Gasteiger partial charge is 0.444 e. The molecule has 2 aromatic carbocycles. The molecule has 0 radical (unpaired) electrons. The Kier molecular flexibility index (Phi) is 6.75. The number of aromatic nitrogens is 5. The van der Waals surface area contributed by atoms with E-state index in [-0.39, 0.29) is 12.1 Å². The van der Waals surface area contributed by atoms with Crippen molar-refractivity contribution in [2.75, 3.05) is 23.7 Å². The van der Waals surface area contributed by atoms with Crippen molar-refractivity contribution in [1.82, 2.24) is 29.6 Å². The third-order valence-electron chi connectivity index (χ3n) is 6.86. The highest BCUT2D eigenvalue weighted by Crippen LogP contribution is 2.35. The molecule has 0 saturated carbocycles. The molecule has 4 heterocycles. The van der Waals surface area contributed by atoms with Crippen molar-refractivity contribution in [3.63, 3.8) is 0 Å². The van der Waals surface area contributed by atoms with Gasteiger partial charge in [0.25, 0.3) is 0 Å². The van der Waals surface area contributed by atoms with Crippen molar-refractivity contribution in [3.8, 4) is 11.3 Å². The predicted molar refractivity (Wildman–Crippen MR) is 159 cm³/mol. The molecule has 3 aromatic heterocycles. The van der Waals surface area contributed by atoms with Gasteiger partial charge in [-0.25, -0.2) is 19.7 Å². The summed E-state index contributed by atoms with van der Waals surface area (Å²) in [7, 11) is 1.91. The van der Waals surface area contributed by atoms with Gasteiger partial charge in [-0.1, -0.05) is 0 Å². The van der Waals surface area contributed by atoms with Crippen molar-refractivity contribution in [3.05, 3.63) is 54.4 Å². The van der Waals surface area contributed by atoms with Crippen molar-refractivity contribution in [2.45, 2.75) is 45.3 Å². The first kappa shape index (κ1) is 26.0. The van der Waals surface area contributed by atoms with Crippen LogP contribution in [0.1, 0.15) is 33.6 Å². The number of hydrogen-bond acceptors (Lipinski definition) is 9. The Hall–Kier alpha value is -4.25. The van der Waals surface area contributed by atoms with Gasteiger partial charge in [-0.3, -0.25) is 4.68 Å². The van der Waals surface area contributed by atoms with Gasteiger partial charge in [0.15, 0.2) is 0 Å². The molecule has 0 aliphatic carbocycles. The molecule has 206 valence electrons. The fourth-order valence-electron chi connectivity index (χ4n) is 4.92. The van der Waals surface area contributed by atoms with Crippen LogP contribution in [0, 0.1) is 0 Å². The van der Waals surface area contributed by atoms with Crippen LogP contribution in [0.15, 0.2) is 54.4 Å². The van der Waals surface area contributed by atoms with E-state index in [0.717, 1.165) is 62.4 Å². The Morgan fingerprint density at radius 2 is 1.88 bits per heavy atom. The second-order valence-corrected chi connectivity index (χ2v) is 11.9. The van der Waals surface area contributed by atoms with Crippen LogP contribution in [0.4, 0.5) is 22.0 Å². The van der Waals surface area contributed by atoms with Gasteiger partial charge in [-0.15, -0.1) is 11.3 Å². The number of nitrogens with zero attached hydrogens (tertiary/aromatic N) is 6. The maximum Gasteiger partial charge on any atom is 0.410 e. The number of hydrogen-bond donors (Lipinski definition) is 2. The summed E-state index contributed by atoms with van der Waals surface area (Å²) in [5.74, 6) is 0.726. The van der Waals surface area contributed by atoms with Gasteiger partial charge >= 0.3 is 6.09 Å². The van der Waals surface area contributed by atoms with Gasteiger partial charge < -0.3 is 20.3 Å². The standard InChI is InChI=1S/C29H32N8O2S/c1-29(2,3)39-28(38)37-11-7-18(8-12-37)33-25-15-21-24(14-20(25)22-9-10-36(4)35-22)30-16-31-27(21)34-19-5-6-23-26(13-19)40-17-32-23/h5-6,9-10,13-18,33H,7-8,11-12H2,1-4H3,(H,30,31,34). The Bertz CT molecular complexity index is 1680. The Morgan fingerprint density at radius 1 is 1.05 bits per heavy atom. The Labute approximate surface area is 236 Å². The summed E-state index contributed by atoms with van der Waals surface area (Å²) < 4.78 is 8.48. The van der Waals surface area contributed by atoms with Crippen LogP contribution in [-0.4, -0.2) is 60.5 Å². The average Bonchev–Trinajstić information content (AvgIpc) is 3.56. The van der Waals surface area contributed by atoms with Gasteiger partial charge in [-0.2, -0.15) is 5.10 Å². The molecule has 1 aliphatic rings. The molecule has 1 fully saturated rings. The minimum absolute atomic E-state index is 0.188. The van der Waals surface area contributed by atoms with Crippen LogP contribution < -0.4 is 10.6 Å². The summed E-state index contributed by atoms with van der Waals surface area (Å²) in [6.45, 7) is 6.94. The fourth-order valence-corrected chi connectivity index (χ4v) is 5.63. The van der Waals surface area contributed by atoms with E-state index >= 15 is 0 Å². The second-order valence-electron chi connectivity index (χ2n) is 11.1. The summed E-state index contributed by atoms with van der Waals surface area (Å²) in [5.41, 5.74) is 6.88. The number of fused-ring (bicyclic) bond motifs is 2. The molecular formula is C29H32N8O2S. The number of ether oxygens (including phenoxy) is 1. The molecule has 1 saturated heterocycles. The SMILES string of the molecule is Cn1ccc(-c2cc3ncnc(Nc4ccc5ncsc5c4)c3cc2NC2CCN(C(=O)OC(C)(C)C)CC2)n1. The molecule has 6 rings (SSSR count). The van der Waals surface area contributed by atoms with Crippen LogP contribution in [0.5, 0.6) is 0 Å². The predicted octanol–water partition coefficient (Wildman–Crippen LogP) is 6.20. The summed E-state index contributed by atoms with van der Waals surface area (Å²) in [6.07, 6.45) is 4.88. The Balaban J connectivity index is 1.30. The van der Waals surface area contributed by atoms with Crippen molar-refractivity contribution in [1.29, 1.82) is 0 Å². The number of aryl methyl sites for hydroxylation is 1. The van der Waals surface area contributed by atoms with E-state index in [1.165, 1.54) is 0 Å². The molecule has 1 aliphatic heterocycles. The first-order chi connectivity index (χ1) is 19.2. The van der Waals surface area contributed by atoms with E-state index < -0.39 is 5.60 Å². The highest BCUT2D eigenvalue weighted by molar-refractivity contribution is 7.16. The Morgan fingerprint density at radius 3 is 2.62 bits per heavy atom. The zero-order valence-electron chi connectivity index (χ0n) is 23.0. The van der Waals surface area contributed by atoms with Crippen LogP contribution in [0.3, 0.4) is 0 Å². The molecule has 0 bridgehead atoms. The molecule has 0 spiro atoms. The number of amides is 1. The van der Waals surface area contributed by atoms with Gasteiger partial charge in [0.1, 0.15) is 17.7 Å². The van der Waals surface area contributed by atoms with E-state index in [0.29, 0.717) is 13.1 Å². The lowest BCUT2D eigenvalue weighted by molar-refractivity contribution is 0.0210. The van der Waals surface area contributed by atoms with E-state index in [9.17, 15) is 4.79 Å². The third-order valence-corrected chi connectivity index (χ3v) is 7.66. The van der Waals surface area contributed by atoms with Crippen LogP contribution in [0.25, 0.3) is 32.4 Å². The normalized spacial score (nSPS) is 14.6. The minimum Gasteiger partial charge on any atom is -0.444 e. The number of anilines is 3. The van der Waals surface area contributed by atoms with Crippen LogP contribution >= 0.6 is 11.3 Å². The van der Waals surface area contributed by atoms with E-state index in [1.54, 1.807) is 27.2 Å². The molecule has 40 heavy (non-hydrogen) atoms. The zero-order chi connectivity index (χ0) is 27.9. The van der Waals surface area contributed by atoms with Gasteiger partial charge in [0.2, 0.25) is 0 Å². The average molecular weight is 557 g/mol. The molecule has 1 amide bonds. The topological polar surface area (TPSA) is 110 Å². The summed E-state index contributed by atoms with van der Waals surface area (Å²) in [6, 6.07) is 12.5. The molecule has 5 aromatic rings. The number of likely N-dealkylation sites (tertiary alicyclic amines) is 1. The lowest BCUT2D eigenvalue weighted by Crippen LogP contribution is -2.44. The number of carbonyl (C=O) groups excluding carboxylic acids is 1. The first-order valence-electron chi connectivity index (χ1n) is 13.4. The maximum absolute atomic E-state index is 12.6. The number of rotatable bonds is 5. The first-order valence-corrected chi connectivity index (χ1v) is 14.2. The minimum atomic E-state index is -0.505.